The standard InChI is InChI=1S/C18H22N6O3S/c1-10-14-9-23(28(2,26)27)8-12(14)4-15(10)22-17-13(18(20)25)6-21-24-7-11(5-19)3-16(17)24/h3,6-7,10,12,14-15,22H,4,8-9H2,1-2H3,(H2,20,25)/t10-,12?,14?,15-/m1/s1. The fraction of sp³-hybridized carbons (Fsp3) is 0.500. The Balaban J connectivity index is 1.64. The van der Waals surface area contributed by atoms with E-state index >= 15 is 0 Å². The van der Waals surface area contributed by atoms with E-state index in [1.807, 2.05) is 0 Å². The summed E-state index contributed by atoms with van der Waals surface area (Å²) in [6.07, 6.45) is 5.06. The molecule has 1 aliphatic carbocycles. The highest BCUT2D eigenvalue weighted by atomic mass is 32.2. The second kappa shape index (κ2) is 6.46. The second-order valence-electron chi connectivity index (χ2n) is 7.82. The number of carbonyl (C=O) groups is 1. The lowest BCUT2D eigenvalue weighted by Gasteiger charge is -2.25. The van der Waals surface area contributed by atoms with Crippen LogP contribution in [0.1, 0.15) is 29.3 Å². The van der Waals surface area contributed by atoms with E-state index < -0.39 is 15.9 Å². The van der Waals surface area contributed by atoms with Gasteiger partial charge in [-0.25, -0.2) is 17.2 Å². The van der Waals surface area contributed by atoms with E-state index in [-0.39, 0.29) is 29.4 Å². The number of rotatable bonds is 4. The van der Waals surface area contributed by atoms with E-state index in [9.17, 15) is 18.5 Å². The van der Waals surface area contributed by atoms with Crippen molar-refractivity contribution in [3.8, 4) is 6.07 Å². The zero-order chi connectivity index (χ0) is 20.2. The van der Waals surface area contributed by atoms with Crippen LogP contribution in [0, 0.1) is 29.1 Å². The van der Waals surface area contributed by atoms with Gasteiger partial charge < -0.3 is 11.1 Å². The molecule has 9 nitrogen and oxygen atoms in total. The average Bonchev–Trinajstić information content (AvgIpc) is 3.29. The molecule has 0 aromatic carbocycles. The number of aromatic nitrogens is 2. The van der Waals surface area contributed by atoms with Crippen molar-refractivity contribution in [3.05, 3.63) is 29.6 Å². The molecule has 2 aromatic heterocycles. The second-order valence-corrected chi connectivity index (χ2v) is 9.80. The number of amides is 1. The normalized spacial score (nSPS) is 27.6. The predicted octanol–water partition coefficient (Wildman–Crippen LogP) is 0.633. The van der Waals surface area contributed by atoms with Gasteiger partial charge in [-0.15, -0.1) is 0 Å². The number of hydrogen-bond acceptors (Lipinski definition) is 6. The minimum absolute atomic E-state index is 0.0708. The molecule has 1 saturated heterocycles. The van der Waals surface area contributed by atoms with E-state index in [2.05, 4.69) is 23.4 Å². The maximum Gasteiger partial charge on any atom is 0.252 e. The summed E-state index contributed by atoms with van der Waals surface area (Å²) in [7, 11) is -3.18. The largest absolute Gasteiger partial charge is 0.380 e. The van der Waals surface area contributed by atoms with Crippen molar-refractivity contribution in [2.24, 2.45) is 23.5 Å². The summed E-state index contributed by atoms with van der Waals surface area (Å²) < 4.78 is 26.8. The van der Waals surface area contributed by atoms with Crippen LogP contribution in [0.25, 0.3) is 5.52 Å². The molecule has 3 N–H and O–H groups in total. The number of carbonyl (C=O) groups excluding carboxylic acids is 1. The van der Waals surface area contributed by atoms with Crippen LogP contribution in [0.3, 0.4) is 0 Å². The molecule has 10 heteroatoms. The number of nitrogens with zero attached hydrogens (tertiary/aromatic N) is 4. The van der Waals surface area contributed by atoms with E-state index in [1.165, 1.54) is 12.5 Å². The molecule has 148 valence electrons. The van der Waals surface area contributed by atoms with Crippen molar-refractivity contribution in [2.45, 2.75) is 19.4 Å². The Kier molecular flexibility index (Phi) is 4.32. The highest BCUT2D eigenvalue weighted by molar-refractivity contribution is 7.88. The number of nitrogens with two attached hydrogens (primary N) is 1. The molecule has 0 radical (unpaired) electrons. The van der Waals surface area contributed by atoms with Crippen molar-refractivity contribution >= 4 is 27.1 Å². The lowest BCUT2D eigenvalue weighted by molar-refractivity contribution is 0.100. The molecular formula is C18H22N6O3S. The van der Waals surface area contributed by atoms with E-state index in [0.717, 1.165) is 6.42 Å². The highest BCUT2D eigenvalue weighted by Crippen LogP contribution is 2.44. The molecule has 28 heavy (non-hydrogen) atoms. The van der Waals surface area contributed by atoms with Gasteiger partial charge in [-0.1, -0.05) is 6.92 Å². The Labute approximate surface area is 163 Å². The number of nitriles is 1. The third-order valence-electron chi connectivity index (χ3n) is 6.16. The molecule has 0 bridgehead atoms. The van der Waals surface area contributed by atoms with Crippen LogP contribution in [-0.4, -0.2) is 53.6 Å². The average molecular weight is 402 g/mol. The van der Waals surface area contributed by atoms with E-state index in [1.54, 1.807) is 21.1 Å². The summed E-state index contributed by atoms with van der Waals surface area (Å²) in [6, 6.07) is 3.82. The van der Waals surface area contributed by atoms with Crippen LogP contribution >= 0.6 is 0 Å². The summed E-state index contributed by atoms with van der Waals surface area (Å²) in [4.78, 5) is 11.9. The molecule has 1 aliphatic heterocycles. The van der Waals surface area contributed by atoms with Gasteiger partial charge in [-0.2, -0.15) is 10.4 Å². The number of primary amides is 1. The summed E-state index contributed by atoms with van der Waals surface area (Å²) in [5.74, 6) is 0.171. The predicted molar refractivity (Wildman–Crippen MR) is 103 cm³/mol. The summed E-state index contributed by atoms with van der Waals surface area (Å²) >= 11 is 0. The molecule has 2 aromatic rings. The number of anilines is 1. The molecule has 4 rings (SSSR count). The Morgan fingerprint density at radius 2 is 2.18 bits per heavy atom. The zero-order valence-corrected chi connectivity index (χ0v) is 16.5. The number of fused-ring (bicyclic) bond motifs is 2. The van der Waals surface area contributed by atoms with Gasteiger partial charge in [0.15, 0.2) is 0 Å². The van der Waals surface area contributed by atoms with Gasteiger partial charge in [0.2, 0.25) is 10.0 Å². The minimum atomic E-state index is -3.18. The highest BCUT2D eigenvalue weighted by Gasteiger charge is 2.48. The molecule has 3 heterocycles. The Bertz CT molecular complexity index is 1100. The molecule has 2 unspecified atom stereocenters. The SMILES string of the molecule is C[C@@H]1C2CN(S(C)(=O)=O)CC2C[C@H]1Nc1c(C(N)=O)cnn2cc(C#N)cc12. The fourth-order valence-electron chi connectivity index (χ4n) is 4.64. The van der Waals surface area contributed by atoms with E-state index in [0.29, 0.717) is 29.9 Å². The Morgan fingerprint density at radius 3 is 2.79 bits per heavy atom. The topological polar surface area (TPSA) is 134 Å². The van der Waals surface area contributed by atoms with Gasteiger partial charge in [0.05, 0.1) is 34.8 Å². The molecule has 1 saturated carbocycles. The summed E-state index contributed by atoms with van der Waals surface area (Å²) in [5, 5.41) is 16.8. The first-order valence-corrected chi connectivity index (χ1v) is 11.0. The van der Waals surface area contributed by atoms with Crippen LogP contribution in [0.4, 0.5) is 5.69 Å². The molecule has 1 amide bonds. The molecular weight excluding hydrogens is 380 g/mol. The maximum atomic E-state index is 11.9. The summed E-state index contributed by atoms with van der Waals surface area (Å²) in [6.45, 7) is 3.17. The Morgan fingerprint density at radius 1 is 1.43 bits per heavy atom. The van der Waals surface area contributed by atoms with Gasteiger partial charge >= 0.3 is 0 Å². The monoisotopic (exact) mass is 402 g/mol. The number of hydrogen-bond donors (Lipinski definition) is 2. The van der Waals surface area contributed by atoms with Crippen molar-refractivity contribution < 1.29 is 13.2 Å². The fourth-order valence-corrected chi connectivity index (χ4v) is 5.55. The van der Waals surface area contributed by atoms with Gasteiger partial charge in [0.1, 0.15) is 6.07 Å². The van der Waals surface area contributed by atoms with Crippen LogP contribution in [-0.2, 0) is 10.0 Å². The summed E-state index contributed by atoms with van der Waals surface area (Å²) in [5.41, 5.74) is 7.45. The quantitative estimate of drug-likeness (QED) is 0.771. The van der Waals surface area contributed by atoms with Gasteiger partial charge in [0.25, 0.3) is 5.91 Å². The first-order valence-electron chi connectivity index (χ1n) is 9.12. The zero-order valence-electron chi connectivity index (χ0n) is 15.7. The number of nitrogens with one attached hydrogen (secondary N) is 1. The van der Waals surface area contributed by atoms with Crippen LogP contribution in [0.15, 0.2) is 18.5 Å². The first-order chi connectivity index (χ1) is 13.2. The lowest BCUT2D eigenvalue weighted by atomic mass is 9.93. The van der Waals surface area contributed by atoms with Gasteiger partial charge in [0, 0.05) is 25.3 Å². The van der Waals surface area contributed by atoms with Gasteiger partial charge in [-0.3, -0.25) is 4.79 Å². The van der Waals surface area contributed by atoms with Crippen LogP contribution in [0.2, 0.25) is 0 Å². The smallest absolute Gasteiger partial charge is 0.252 e. The third kappa shape index (κ3) is 3.00. The molecule has 2 fully saturated rings. The van der Waals surface area contributed by atoms with Crippen molar-refractivity contribution in [1.82, 2.24) is 13.9 Å². The number of sulfonamides is 1. The van der Waals surface area contributed by atoms with Gasteiger partial charge in [-0.05, 0) is 30.2 Å². The van der Waals surface area contributed by atoms with Crippen LogP contribution < -0.4 is 11.1 Å². The van der Waals surface area contributed by atoms with Crippen molar-refractivity contribution in [3.63, 3.8) is 0 Å². The van der Waals surface area contributed by atoms with Crippen molar-refractivity contribution in [1.29, 1.82) is 5.26 Å². The van der Waals surface area contributed by atoms with E-state index in [4.69, 9.17) is 5.73 Å². The van der Waals surface area contributed by atoms with Crippen molar-refractivity contribution in [2.75, 3.05) is 24.7 Å². The molecule has 0 spiro atoms. The first kappa shape index (κ1) is 18.7. The Hall–Kier alpha value is -2.64. The maximum absolute atomic E-state index is 11.9. The molecule has 4 atom stereocenters. The third-order valence-corrected chi connectivity index (χ3v) is 7.39. The lowest BCUT2D eigenvalue weighted by Crippen LogP contribution is -2.33. The molecule has 2 aliphatic rings. The minimum Gasteiger partial charge on any atom is -0.380 e. The van der Waals surface area contributed by atoms with Crippen LogP contribution in [0.5, 0.6) is 0 Å².